The number of rotatable bonds is 5. The standard InChI is InChI=1S/C5H10O7S/c1-2-10-5(6)11-3-4-12-13(7,8)9/h2-4H2,1H3,(H,7,8,9). The quantitative estimate of drug-likeness (QED) is 0.390. The van der Waals surface area contributed by atoms with E-state index in [1.165, 1.54) is 0 Å². The van der Waals surface area contributed by atoms with Gasteiger partial charge in [-0.25, -0.2) is 8.98 Å². The van der Waals surface area contributed by atoms with Gasteiger partial charge in [0.15, 0.2) is 0 Å². The number of hydrogen-bond acceptors (Lipinski definition) is 6. The summed E-state index contributed by atoms with van der Waals surface area (Å²) in [6.07, 6.45) is -0.915. The smallest absolute Gasteiger partial charge is 0.435 e. The minimum Gasteiger partial charge on any atom is -0.435 e. The molecule has 0 spiro atoms. The third kappa shape index (κ3) is 9.05. The molecule has 0 amide bonds. The van der Waals surface area contributed by atoms with Crippen LogP contribution in [0.15, 0.2) is 0 Å². The molecule has 0 rings (SSSR count). The zero-order chi connectivity index (χ0) is 10.3. The topological polar surface area (TPSA) is 99.1 Å². The molecular formula is C5H10O7S. The Morgan fingerprint density at radius 1 is 1.31 bits per heavy atom. The molecule has 13 heavy (non-hydrogen) atoms. The van der Waals surface area contributed by atoms with Crippen LogP contribution in [-0.2, 0) is 24.1 Å². The second kappa shape index (κ2) is 5.73. The lowest BCUT2D eigenvalue weighted by Gasteiger charge is -2.03. The molecule has 0 aromatic heterocycles. The highest BCUT2D eigenvalue weighted by Crippen LogP contribution is 1.88. The predicted molar refractivity (Wildman–Crippen MR) is 40.5 cm³/mol. The van der Waals surface area contributed by atoms with Crippen LogP contribution in [-0.4, -0.2) is 38.9 Å². The van der Waals surface area contributed by atoms with E-state index in [1.54, 1.807) is 6.92 Å². The maximum Gasteiger partial charge on any atom is 0.508 e. The Morgan fingerprint density at radius 2 is 1.92 bits per heavy atom. The number of ether oxygens (including phenoxy) is 2. The van der Waals surface area contributed by atoms with Crippen LogP contribution >= 0.6 is 0 Å². The van der Waals surface area contributed by atoms with E-state index in [9.17, 15) is 13.2 Å². The van der Waals surface area contributed by atoms with Crippen molar-refractivity contribution in [3.05, 3.63) is 0 Å². The van der Waals surface area contributed by atoms with Crippen LogP contribution < -0.4 is 0 Å². The number of carbonyl (C=O) groups is 1. The highest BCUT2D eigenvalue weighted by molar-refractivity contribution is 7.80. The summed E-state index contributed by atoms with van der Waals surface area (Å²) in [6, 6.07) is 0. The molecule has 7 nitrogen and oxygen atoms in total. The molecule has 0 aromatic carbocycles. The molecule has 0 aliphatic heterocycles. The summed E-state index contributed by atoms with van der Waals surface area (Å²) < 4.78 is 40.5. The van der Waals surface area contributed by atoms with Crippen molar-refractivity contribution in [2.24, 2.45) is 0 Å². The van der Waals surface area contributed by atoms with Gasteiger partial charge in [-0.2, -0.15) is 8.42 Å². The zero-order valence-corrected chi connectivity index (χ0v) is 7.74. The molecule has 0 heterocycles. The van der Waals surface area contributed by atoms with Gasteiger partial charge >= 0.3 is 16.6 Å². The first-order chi connectivity index (χ1) is 5.95. The van der Waals surface area contributed by atoms with Crippen molar-refractivity contribution in [2.75, 3.05) is 19.8 Å². The first kappa shape index (κ1) is 12.1. The summed E-state index contributed by atoms with van der Waals surface area (Å²) in [4.78, 5) is 10.5. The Kier molecular flexibility index (Phi) is 5.35. The fraction of sp³-hybridized carbons (Fsp3) is 0.800. The monoisotopic (exact) mass is 214 g/mol. The van der Waals surface area contributed by atoms with E-state index >= 15 is 0 Å². The highest BCUT2D eigenvalue weighted by Gasteiger charge is 2.06. The van der Waals surface area contributed by atoms with Crippen molar-refractivity contribution >= 4 is 16.6 Å². The van der Waals surface area contributed by atoms with Crippen LogP contribution in [0.2, 0.25) is 0 Å². The molecule has 0 radical (unpaired) electrons. The Morgan fingerprint density at radius 3 is 2.38 bits per heavy atom. The molecule has 0 fully saturated rings. The van der Waals surface area contributed by atoms with Gasteiger partial charge in [0, 0.05) is 0 Å². The van der Waals surface area contributed by atoms with Gasteiger partial charge in [-0.15, -0.1) is 0 Å². The SMILES string of the molecule is CCOC(=O)OCCOS(=O)(=O)O. The Bertz CT molecular complexity index is 244. The van der Waals surface area contributed by atoms with Gasteiger partial charge in [-0.05, 0) is 6.92 Å². The molecule has 78 valence electrons. The summed E-state index contributed by atoms with van der Waals surface area (Å²) in [5.74, 6) is 0. The van der Waals surface area contributed by atoms with Gasteiger partial charge in [-0.1, -0.05) is 0 Å². The molecule has 0 saturated carbocycles. The van der Waals surface area contributed by atoms with Gasteiger partial charge in [0.1, 0.15) is 13.2 Å². The second-order valence-corrected chi connectivity index (χ2v) is 2.87. The molecule has 0 unspecified atom stereocenters. The lowest BCUT2D eigenvalue weighted by molar-refractivity contribution is 0.0487. The van der Waals surface area contributed by atoms with Crippen molar-refractivity contribution in [3.63, 3.8) is 0 Å². The van der Waals surface area contributed by atoms with E-state index in [4.69, 9.17) is 4.55 Å². The van der Waals surface area contributed by atoms with Gasteiger partial charge < -0.3 is 9.47 Å². The van der Waals surface area contributed by atoms with Crippen molar-refractivity contribution in [2.45, 2.75) is 6.92 Å². The lowest BCUT2D eigenvalue weighted by atomic mass is 10.8. The van der Waals surface area contributed by atoms with Crippen LogP contribution in [0.4, 0.5) is 4.79 Å². The van der Waals surface area contributed by atoms with Gasteiger partial charge in [0.2, 0.25) is 0 Å². The van der Waals surface area contributed by atoms with Crippen molar-refractivity contribution in [1.29, 1.82) is 0 Å². The van der Waals surface area contributed by atoms with Gasteiger partial charge in [-0.3, -0.25) is 4.55 Å². The van der Waals surface area contributed by atoms with Crippen molar-refractivity contribution < 1.29 is 31.4 Å². The van der Waals surface area contributed by atoms with E-state index in [-0.39, 0.29) is 13.2 Å². The van der Waals surface area contributed by atoms with Gasteiger partial charge in [0.25, 0.3) is 0 Å². The lowest BCUT2D eigenvalue weighted by Crippen LogP contribution is -2.14. The number of carbonyl (C=O) groups excluding carboxylic acids is 1. The first-order valence-corrected chi connectivity index (χ1v) is 4.73. The predicted octanol–water partition coefficient (Wildman–Crippen LogP) is -0.0211. The fourth-order valence-corrected chi connectivity index (χ4v) is 0.703. The van der Waals surface area contributed by atoms with Crippen molar-refractivity contribution in [1.82, 2.24) is 0 Å². The molecule has 0 bridgehead atoms. The molecule has 0 aliphatic carbocycles. The summed E-state index contributed by atoms with van der Waals surface area (Å²) in [6.45, 7) is 1.00. The van der Waals surface area contributed by atoms with Crippen molar-refractivity contribution in [3.8, 4) is 0 Å². The zero-order valence-electron chi connectivity index (χ0n) is 6.93. The minimum atomic E-state index is -4.47. The van der Waals surface area contributed by atoms with E-state index in [2.05, 4.69) is 13.7 Å². The molecule has 0 saturated heterocycles. The number of hydrogen-bond donors (Lipinski definition) is 1. The van der Waals surface area contributed by atoms with Crippen LogP contribution in [0.5, 0.6) is 0 Å². The third-order valence-electron chi connectivity index (χ3n) is 0.798. The first-order valence-electron chi connectivity index (χ1n) is 3.37. The average molecular weight is 214 g/mol. The Hall–Kier alpha value is -0.860. The van der Waals surface area contributed by atoms with Crippen LogP contribution in [0.25, 0.3) is 0 Å². The molecule has 1 N–H and O–H groups in total. The normalized spacial score (nSPS) is 10.9. The second-order valence-electron chi connectivity index (χ2n) is 1.78. The average Bonchev–Trinajstić information content (AvgIpc) is 1.97. The third-order valence-corrected chi connectivity index (χ3v) is 1.26. The molecule has 0 atom stereocenters. The Labute approximate surface area is 75.5 Å². The highest BCUT2D eigenvalue weighted by atomic mass is 32.3. The van der Waals surface area contributed by atoms with Crippen LogP contribution in [0.3, 0.4) is 0 Å². The molecule has 0 aromatic rings. The van der Waals surface area contributed by atoms with E-state index in [1.807, 2.05) is 0 Å². The van der Waals surface area contributed by atoms with Gasteiger partial charge in [0.05, 0.1) is 6.61 Å². The molecular weight excluding hydrogens is 204 g/mol. The van der Waals surface area contributed by atoms with Crippen LogP contribution in [0.1, 0.15) is 6.92 Å². The summed E-state index contributed by atoms with van der Waals surface area (Å²) in [5, 5.41) is 0. The summed E-state index contributed by atoms with van der Waals surface area (Å²) >= 11 is 0. The molecule has 8 heteroatoms. The maximum atomic E-state index is 10.5. The largest absolute Gasteiger partial charge is 0.508 e. The van der Waals surface area contributed by atoms with E-state index in [0.29, 0.717) is 0 Å². The summed E-state index contributed by atoms with van der Waals surface area (Å²) in [7, 11) is -4.47. The van der Waals surface area contributed by atoms with E-state index < -0.39 is 23.2 Å². The summed E-state index contributed by atoms with van der Waals surface area (Å²) in [5.41, 5.74) is 0. The maximum absolute atomic E-state index is 10.5. The Balaban J connectivity index is 3.41. The minimum absolute atomic E-state index is 0.165. The fourth-order valence-electron chi connectivity index (χ4n) is 0.424. The van der Waals surface area contributed by atoms with E-state index in [0.717, 1.165) is 0 Å². The molecule has 0 aliphatic rings. The van der Waals surface area contributed by atoms with Crippen LogP contribution in [0, 0.1) is 0 Å².